The van der Waals surface area contributed by atoms with Gasteiger partial charge in [0.1, 0.15) is 0 Å². The molecule has 25 heavy (non-hydrogen) atoms. The third-order valence-corrected chi connectivity index (χ3v) is 3.73. The highest BCUT2D eigenvalue weighted by Crippen LogP contribution is 2.29. The maximum atomic E-state index is 11.8. The first kappa shape index (κ1) is 18.4. The highest BCUT2D eigenvalue weighted by molar-refractivity contribution is 6.45. The van der Waals surface area contributed by atoms with Crippen LogP contribution < -0.4 is 10.7 Å². The van der Waals surface area contributed by atoms with Crippen molar-refractivity contribution in [2.75, 3.05) is 5.32 Å². The van der Waals surface area contributed by atoms with E-state index in [0.717, 1.165) is 6.21 Å². The molecule has 0 aliphatic heterocycles. The average molecular weight is 381 g/mol. The number of nitro benzene ring substituents is 1. The molecule has 0 aromatic heterocycles. The minimum atomic E-state index is -1.08. The number of hydrogen-bond acceptors (Lipinski definition) is 5. The summed E-state index contributed by atoms with van der Waals surface area (Å²) >= 11 is 11.7. The molecule has 0 aliphatic carbocycles. The quantitative estimate of drug-likeness (QED) is 0.367. The summed E-state index contributed by atoms with van der Waals surface area (Å²) in [5.41, 5.74) is 2.12. The van der Waals surface area contributed by atoms with E-state index in [4.69, 9.17) is 23.2 Å². The van der Waals surface area contributed by atoms with Crippen LogP contribution in [-0.2, 0) is 9.59 Å². The third-order valence-electron chi connectivity index (χ3n) is 2.91. The van der Waals surface area contributed by atoms with E-state index >= 15 is 0 Å². The van der Waals surface area contributed by atoms with E-state index in [1.807, 2.05) is 5.43 Å². The van der Waals surface area contributed by atoms with Crippen molar-refractivity contribution in [2.24, 2.45) is 5.10 Å². The Balaban J connectivity index is 2.01. The van der Waals surface area contributed by atoms with Crippen molar-refractivity contribution < 1.29 is 14.5 Å². The Kier molecular flexibility index (Phi) is 6.04. The maximum absolute atomic E-state index is 11.8. The van der Waals surface area contributed by atoms with Crippen molar-refractivity contribution in [1.29, 1.82) is 0 Å². The molecule has 2 amide bonds. The number of carbonyl (C=O) groups excluding carboxylic acids is 2. The highest BCUT2D eigenvalue weighted by Gasteiger charge is 2.16. The second-order valence-electron chi connectivity index (χ2n) is 4.57. The molecule has 2 aromatic carbocycles. The average Bonchev–Trinajstić information content (AvgIpc) is 2.59. The van der Waals surface area contributed by atoms with Gasteiger partial charge in [-0.3, -0.25) is 19.7 Å². The summed E-state index contributed by atoms with van der Waals surface area (Å²) in [6.45, 7) is 0. The lowest BCUT2D eigenvalue weighted by Gasteiger charge is -2.06. The summed E-state index contributed by atoms with van der Waals surface area (Å²) in [7, 11) is 0. The fourth-order valence-electron chi connectivity index (χ4n) is 1.75. The number of carbonyl (C=O) groups is 2. The fraction of sp³-hybridized carbons (Fsp3) is 0. The zero-order chi connectivity index (χ0) is 18.4. The summed E-state index contributed by atoms with van der Waals surface area (Å²) in [5, 5.41) is 17.0. The SMILES string of the molecule is O=C(N/N=C\c1ccccc1[N+](=O)[O-])C(=O)Nc1cccc(Cl)c1Cl. The molecule has 2 rings (SSSR count). The van der Waals surface area contributed by atoms with Crippen molar-refractivity contribution in [3.05, 3.63) is 68.2 Å². The van der Waals surface area contributed by atoms with E-state index in [1.54, 1.807) is 12.1 Å². The summed E-state index contributed by atoms with van der Waals surface area (Å²) in [5.74, 6) is -2.10. The van der Waals surface area contributed by atoms with Crippen LogP contribution in [0.2, 0.25) is 10.0 Å². The molecule has 0 saturated heterocycles. The Morgan fingerprint density at radius 2 is 1.80 bits per heavy atom. The summed E-state index contributed by atoms with van der Waals surface area (Å²) in [6, 6.07) is 10.3. The molecule has 0 atom stereocenters. The van der Waals surface area contributed by atoms with Crippen molar-refractivity contribution >= 4 is 52.6 Å². The molecular weight excluding hydrogens is 371 g/mol. The number of nitro groups is 1. The zero-order valence-corrected chi connectivity index (χ0v) is 13.9. The van der Waals surface area contributed by atoms with Gasteiger partial charge in [0.25, 0.3) is 5.69 Å². The normalized spacial score (nSPS) is 10.5. The zero-order valence-electron chi connectivity index (χ0n) is 12.4. The molecule has 0 saturated carbocycles. The van der Waals surface area contributed by atoms with Crippen LogP contribution in [0.4, 0.5) is 11.4 Å². The van der Waals surface area contributed by atoms with Gasteiger partial charge in [-0.1, -0.05) is 41.4 Å². The van der Waals surface area contributed by atoms with Crippen molar-refractivity contribution in [1.82, 2.24) is 5.43 Å². The fourth-order valence-corrected chi connectivity index (χ4v) is 2.10. The number of benzene rings is 2. The minimum absolute atomic E-state index is 0.0914. The van der Waals surface area contributed by atoms with Crippen molar-refractivity contribution in [3.8, 4) is 0 Å². The van der Waals surface area contributed by atoms with Crippen LogP contribution in [0.3, 0.4) is 0 Å². The molecule has 0 radical (unpaired) electrons. The number of rotatable bonds is 4. The summed E-state index contributed by atoms with van der Waals surface area (Å²) < 4.78 is 0. The van der Waals surface area contributed by atoms with Gasteiger partial charge in [-0.05, 0) is 18.2 Å². The standard InChI is InChI=1S/C15H10Cl2N4O4/c16-10-5-3-6-11(13(10)17)19-14(22)15(23)20-18-8-9-4-1-2-7-12(9)21(24)25/h1-8H,(H,19,22)(H,20,23)/b18-8-. The van der Waals surface area contributed by atoms with Crippen LogP contribution in [0.5, 0.6) is 0 Å². The predicted molar refractivity (Wildman–Crippen MR) is 93.9 cm³/mol. The number of nitrogens with zero attached hydrogens (tertiary/aromatic N) is 2. The summed E-state index contributed by atoms with van der Waals surface area (Å²) in [6.07, 6.45) is 1.07. The van der Waals surface area contributed by atoms with Gasteiger partial charge in [-0.25, -0.2) is 5.43 Å². The Labute approximate surface area is 151 Å². The lowest BCUT2D eigenvalue weighted by atomic mass is 10.2. The summed E-state index contributed by atoms with van der Waals surface area (Å²) in [4.78, 5) is 33.8. The molecule has 0 bridgehead atoms. The lowest BCUT2D eigenvalue weighted by Crippen LogP contribution is -2.32. The molecular formula is C15H10Cl2N4O4. The van der Waals surface area contributed by atoms with Crippen LogP contribution in [0.25, 0.3) is 0 Å². The van der Waals surface area contributed by atoms with Gasteiger partial charge in [0.15, 0.2) is 0 Å². The van der Waals surface area contributed by atoms with Crippen LogP contribution in [0.1, 0.15) is 5.56 Å². The molecule has 8 nitrogen and oxygen atoms in total. The van der Waals surface area contributed by atoms with E-state index in [9.17, 15) is 19.7 Å². The monoisotopic (exact) mass is 380 g/mol. The van der Waals surface area contributed by atoms with E-state index in [2.05, 4.69) is 10.4 Å². The van der Waals surface area contributed by atoms with Gasteiger partial charge in [-0.15, -0.1) is 0 Å². The Hall–Kier alpha value is -2.97. The highest BCUT2D eigenvalue weighted by atomic mass is 35.5. The van der Waals surface area contributed by atoms with Crippen LogP contribution in [-0.4, -0.2) is 23.0 Å². The van der Waals surface area contributed by atoms with Gasteiger partial charge >= 0.3 is 11.8 Å². The maximum Gasteiger partial charge on any atom is 0.329 e. The van der Waals surface area contributed by atoms with E-state index in [0.29, 0.717) is 0 Å². The van der Waals surface area contributed by atoms with E-state index in [-0.39, 0.29) is 27.0 Å². The Morgan fingerprint density at radius 3 is 2.52 bits per heavy atom. The molecule has 0 fully saturated rings. The Bertz CT molecular complexity index is 870. The van der Waals surface area contributed by atoms with Crippen molar-refractivity contribution in [3.63, 3.8) is 0 Å². The minimum Gasteiger partial charge on any atom is -0.316 e. The van der Waals surface area contributed by atoms with Gasteiger partial charge in [0.2, 0.25) is 0 Å². The smallest absolute Gasteiger partial charge is 0.316 e. The molecule has 10 heteroatoms. The second kappa shape index (κ2) is 8.22. The molecule has 0 spiro atoms. The van der Waals surface area contributed by atoms with Gasteiger partial charge in [0.05, 0.1) is 32.4 Å². The Morgan fingerprint density at radius 1 is 1.08 bits per heavy atom. The molecule has 128 valence electrons. The number of anilines is 1. The van der Waals surface area contributed by atoms with Crippen LogP contribution in [0, 0.1) is 10.1 Å². The van der Waals surface area contributed by atoms with Crippen molar-refractivity contribution in [2.45, 2.75) is 0 Å². The number of hydrogen-bond donors (Lipinski definition) is 2. The first-order chi connectivity index (χ1) is 11.9. The number of nitrogens with one attached hydrogen (secondary N) is 2. The number of halogens is 2. The molecule has 2 N–H and O–H groups in total. The topological polar surface area (TPSA) is 114 Å². The first-order valence-corrected chi connectivity index (χ1v) is 7.47. The molecule has 0 unspecified atom stereocenters. The van der Waals surface area contributed by atoms with E-state index in [1.165, 1.54) is 30.3 Å². The van der Waals surface area contributed by atoms with Gasteiger partial charge in [-0.2, -0.15) is 5.10 Å². The van der Waals surface area contributed by atoms with Crippen LogP contribution >= 0.6 is 23.2 Å². The molecule has 0 heterocycles. The first-order valence-electron chi connectivity index (χ1n) is 6.72. The van der Waals surface area contributed by atoms with Gasteiger partial charge in [0, 0.05) is 6.07 Å². The molecule has 0 aliphatic rings. The largest absolute Gasteiger partial charge is 0.329 e. The lowest BCUT2D eigenvalue weighted by molar-refractivity contribution is -0.385. The number of amides is 2. The number of para-hydroxylation sites is 1. The third kappa shape index (κ3) is 4.75. The van der Waals surface area contributed by atoms with Gasteiger partial charge < -0.3 is 5.32 Å². The predicted octanol–water partition coefficient (Wildman–Crippen LogP) is 2.99. The molecule has 2 aromatic rings. The van der Waals surface area contributed by atoms with E-state index < -0.39 is 16.7 Å². The number of hydrazone groups is 1. The second-order valence-corrected chi connectivity index (χ2v) is 5.36. The van der Waals surface area contributed by atoms with Crippen LogP contribution in [0.15, 0.2) is 47.6 Å².